The molecule has 0 radical (unpaired) electrons. The van der Waals surface area contributed by atoms with Crippen LogP contribution in [0.15, 0.2) is 0 Å². The van der Waals surface area contributed by atoms with Gasteiger partial charge in [-0.15, -0.1) is 0 Å². The molecule has 3 nitrogen and oxygen atoms in total. The first-order chi connectivity index (χ1) is 5.70. The topological polar surface area (TPSA) is 24.5 Å². The Morgan fingerprint density at radius 2 is 2.00 bits per heavy atom. The van der Waals surface area contributed by atoms with Crippen molar-refractivity contribution in [1.29, 1.82) is 0 Å². The monoisotopic (exact) mass is 174 g/mol. The van der Waals surface area contributed by atoms with Gasteiger partial charge < -0.3 is 15.0 Å². The van der Waals surface area contributed by atoms with Gasteiger partial charge in [0.05, 0.1) is 6.61 Å². The molecule has 0 heterocycles. The zero-order valence-electron chi connectivity index (χ0n) is 8.76. The first-order valence-electron chi connectivity index (χ1n) is 4.66. The van der Waals surface area contributed by atoms with Gasteiger partial charge in [-0.2, -0.15) is 0 Å². The van der Waals surface area contributed by atoms with Gasteiger partial charge in [0.15, 0.2) is 0 Å². The number of ether oxygens (including phenoxy) is 1. The van der Waals surface area contributed by atoms with Gasteiger partial charge in [-0.25, -0.2) is 0 Å². The molecule has 12 heavy (non-hydrogen) atoms. The fraction of sp³-hybridized carbons (Fsp3) is 1.00. The molecule has 0 aromatic rings. The Balaban J connectivity index is 3.54. The summed E-state index contributed by atoms with van der Waals surface area (Å²) < 4.78 is 5.36. The first-order valence-corrected chi connectivity index (χ1v) is 4.66. The quantitative estimate of drug-likeness (QED) is 0.610. The summed E-state index contributed by atoms with van der Waals surface area (Å²) in [6.07, 6.45) is 0. The minimum atomic E-state index is 0.463. The Labute approximate surface area is 76.1 Å². The number of likely N-dealkylation sites (N-methyl/N-ethyl adjacent to an activating group) is 2. The molecule has 1 N–H and O–H groups in total. The molecular formula is C9H22N2O. The lowest BCUT2D eigenvalue weighted by molar-refractivity contribution is 0.113. The number of nitrogens with one attached hydrogen (secondary N) is 1. The Bertz CT molecular complexity index is 96.5. The number of hydrogen-bond donors (Lipinski definition) is 1. The van der Waals surface area contributed by atoms with Crippen LogP contribution in [0.4, 0.5) is 0 Å². The summed E-state index contributed by atoms with van der Waals surface area (Å²) in [5, 5.41) is 3.38. The van der Waals surface area contributed by atoms with Crippen LogP contribution < -0.4 is 5.32 Å². The lowest BCUT2D eigenvalue weighted by Gasteiger charge is -2.21. The van der Waals surface area contributed by atoms with Crippen LogP contribution in [0.2, 0.25) is 0 Å². The van der Waals surface area contributed by atoms with Gasteiger partial charge >= 0.3 is 0 Å². The van der Waals surface area contributed by atoms with E-state index in [1.807, 2.05) is 6.92 Å². The molecule has 0 spiro atoms. The fourth-order valence-corrected chi connectivity index (χ4v) is 1.17. The summed E-state index contributed by atoms with van der Waals surface area (Å²) in [5.74, 6) is 0. The van der Waals surface area contributed by atoms with E-state index in [0.717, 1.165) is 26.3 Å². The standard InChI is InChI=1S/C9H22N2O/c1-5-10-9(7-11(3)4)8-12-6-2/h9-10H,5-8H2,1-4H3. The molecule has 0 aromatic carbocycles. The Morgan fingerprint density at radius 3 is 2.42 bits per heavy atom. The predicted octanol–water partition coefficient (Wildman–Crippen LogP) is 0.563. The van der Waals surface area contributed by atoms with E-state index in [9.17, 15) is 0 Å². The molecule has 0 amide bonds. The SMILES string of the molecule is CCNC(COCC)CN(C)C. The third kappa shape index (κ3) is 6.58. The summed E-state index contributed by atoms with van der Waals surface area (Å²) in [5.41, 5.74) is 0. The molecule has 0 aromatic heterocycles. The normalized spacial score (nSPS) is 13.8. The van der Waals surface area contributed by atoms with Gasteiger partial charge in [0.1, 0.15) is 0 Å². The van der Waals surface area contributed by atoms with Gasteiger partial charge in [-0.05, 0) is 27.6 Å². The molecule has 0 rings (SSSR count). The number of rotatable bonds is 7. The molecule has 74 valence electrons. The van der Waals surface area contributed by atoms with Crippen molar-refractivity contribution in [3.05, 3.63) is 0 Å². The highest BCUT2D eigenvalue weighted by molar-refractivity contribution is 4.67. The molecular weight excluding hydrogens is 152 g/mol. The molecule has 0 saturated heterocycles. The fourth-order valence-electron chi connectivity index (χ4n) is 1.17. The third-order valence-corrected chi connectivity index (χ3v) is 1.60. The van der Waals surface area contributed by atoms with Gasteiger partial charge in [0.2, 0.25) is 0 Å². The smallest absolute Gasteiger partial charge is 0.0631 e. The Kier molecular flexibility index (Phi) is 7.45. The third-order valence-electron chi connectivity index (χ3n) is 1.60. The van der Waals surface area contributed by atoms with Crippen molar-refractivity contribution in [2.75, 3.05) is 40.4 Å². The predicted molar refractivity (Wildman–Crippen MR) is 52.5 cm³/mol. The lowest BCUT2D eigenvalue weighted by atomic mass is 10.3. The number of hydrogen-bond acceptors (Lipinski definition) is 3. The average molecular weight is 174 g/mol. The highest BCUT2D eigenvalue weighted by Crippen LogP contribution is 1.88. The van der Waals surface area contributed by atoms with Crippen molar-refractivity contribution in [1.82, 2.24) is 10.2 Å². The van der Waals surface area contributed by atoms with Crippen LogP contribution in [0.5, 0.6) is 0 Å². The summed E-state index contributed by atoms with van der Waals surface area (Å²) in [6.45, 7) is 7.80. The zero-order chi connectivity index (χ0) is 9.40. The summed E-state index contributed by atoms with van der Waals surface area (Å²) in [4.78, 5) is 2.17. The van der Waals surface area contributed by atoms with E-state index in [1.165, 1.54) is 0 Å². The first kappa shape index (κ1) is 11.9. The summed E-state index contributed by atoms with van der Waals surface area (Å²) >= 11 is 0. The van der Waals surface area contributed by atoms with Crippen molar-refractivity contribution < 1.29 is 4.74 Å². The van der Waals surface area contributed by atoms with Crippen molar-refractivity contribution in [3.8, 4) is 0 Å². The van der Waals surface area contributed by atoms with Gasteiger partial charge in [-0.3, -0.25) is 0 Å². The van der Waals surface area contributed by atoms with E-state index in [1.54, 1.807) is 0 Å². The van der Waals surface area contributed by atoms with E-state index in [4.69, 9.17) is 4.74 Å². The molecule has 1 atom stereocenters. The molecule has 0 aliphatic rings. The second-order valence-electron chi connectivity index (χ2n) is 3.18. The van der Waals surface area contributed by atoms with E-state index >= 15 is 0 Å². The zero-order valence-corrected chi connectivity index (χ0v) is 8.76. The summed E-state index contributed by atoms with van der Waals surface area (Å²) in [7, 11) is 4.16. The van der Waals surface area contributed by atoms with Crippen molar-refractivity contribution in [3.63, 3.8) is 0 Å². The van der Waals surface area contributed by atoms with Crippen LogP contribution in [-0.2, 0) is 4.74 Å². The molecule has 3 heteroatoms. The van der Waals surface area contributed by atoms with Gasteiger partial charge in [-0.1, -0.05) is 6.92 Å². The van der Waals surface area contributed by atoms with E-state index in [-0.39, 0.29) is 0 Å². The average Bonchev–Trinajstić information content (AvgIpc) is 2.00. The summed E-state index contributed by atoms with van der Waals surface area (Å²) in [6, 6.07) is 0.463. The molecule has 0 bridgehead atoms. The van der Waals surface area contributed by atoms with Gasteiger partial charge in [0, 0.05) is 19.2 Å². The Morgan fingerprint density at radius 1 is 1.33 bits per heavy atom. The maximum absolute atomic E-state index is 5.36. The molecule has 0 aliphatic heterocycles. The van der Waals surface area contributed by atoms with Crippen molar-refractivity contribution in [2.24, 2.45) is 0 Å². The highest BCUT2D eigenvalue weighted by Gasteiger charge is 2.07. The van der Waals surface area contributed by atoms with Crippen LogP contribution in [-0.4, -0.2) is 51.3 Å². The van der Waals surface area contributed by atoms with E-state index in [2.05, 4.69) is 31.2 Å². The highest BCUT2D eigenvalue weighted by atomic mass is 16.5. The minimum absolute atomic E-state index is 0.463. The maximum atomic E-state index is 5.36. The van der Waals surface area contributed by atoms with Crippen LogP contribution in [0, 0.1) is 0 Å². The lowest BCUT2D eigenvalue weighted by Crippen LogP contribution is -2.41. The van der Waals surface area contributed by atoms with Crippen molar-refractivity contribution >= 4 is 0 Å². The van der Waals surface area contributed by atoms with Crippen LogP contribution in [0.1, 0.15) is 13.8 Å². The van der Waals surface area contributed by atoms with E-state index < -0.39 is 0 Å². The second kappa shape index (κ2) is 7.53. The van der Waals surface area contributed by atoms with Crippen LogP contribution in [0.3, 0.4) is 0 Å². The van der Waals surface area contributed by atoms with Gasteiger partial charge in [0.25, 0.3) is 0 Å². The van der Waals surface area contributed by atoms with Crippen LogP contribution >= 0.6 is 0 Å². The molecule has 1 unspecified atom stereocenters. The molecule has 0 fully saturated rings. The maximum Gasteiger partial charge on any atom is 0.0631 e. The largest absolute Gasteiger partial charge is 0.380 e. The molecule has 0 aliphatic carbocycles. The minimum Gasteiger partial charge on any atom is -0.380 e. The van der Waals surface area contributed by atoms with E-state index in [0.29, 0.717) is 6.04 Å². The van der Waals surface area contributed by atoms with Crippen molar-refractivity contribution in [2.45, 2.75) is 19.9 Å². The Hall–Kier alpha value is -0.120. The van der Waals surface area contributed by atoms with Crippen LogP contribution in [0.25, 0.3) is 0 Å². The second-order valence-corrected chi connectivity index (χ2v) is 3.18. The molecule has 0 saturated carbocycles. The number of nitrogens with zero attached hydrogens (tertiary/aromatic N) is 1.